The number of rotatable bonds is 7. The number of ether oxygens (including phenoxy) is 1. The molecule has 3 unspecified atom stereocenters. The Morgan fingerprint density at radius 3 is 2.47 bits per heavy atom. The summed E-state index contributed by atoms with van der Waals surface area (Å²) in [4.78, 5) is 2.02. The van der Waals surface area contributed by atoms with Crippen molar-refractivity contribution in [3.05, 3.63) is 65.7 Å². The van der Waals surface area contributed by atoms with E-state index in [1.165, 1.54) is 0 Å². The first-order valence-electron chi connectivity index (χ1n) is 10.0. The van der Waals surface area contributed by atoms with E-state index in [2.05, 4.69) is 0 Å². The summed E-state index contributed by atoms with van der Waals surface area (Å²) in [6, 6.07) is 16.8. The van der Waals surface area contributed by atoms with Crippen LogP contribution in [0.15, 0.2) is 54.6 Å². The monoisotopic (exact) mass is 453 g/mol. The van der Waals surface area contributed by atoms with Crippen molar-refractivity contribution in [3.8, 4) is 5.75 Å². The molecule has 0 aromatic heterocycles. The zero-order chi connectivity index (χ0) is 21.1. The van der Waals surface area contributed by atoms with Crippen LogP contribution in [-0.4, -0.2) is 51.4 Å². The van der Waals surface area contributed by atoms with Crippen LogP contribution in [0.5, 0.6) is 5.75 Å². The minimum atomic E-state index is -3.30. The summed E-state index contributed by atoms with van der Waals surface area (Å²) in [5.74, 6) is 0.553. The van der Waals surface area contributed by atoms with Crippen molar-refractivity contribution in [2.45, 2.75) is 35.9 Å². The molecule has 0 bridgehead atoms. The number of hydrogen-bond donors (Lipinski definition) is 1. The average molecular weight is 454 g/mol. The Morgan fingerprint density at radius 1 is 1.13 bits per heavy atom. The van der Waals surface area contributed by atoms with Crippen molar-refractivity contribution < 1.29 is 18.3 Å². The van der Waals surface area contributed by atoms with E-state index >= 15 is 0 Å². The molecular formula is C23H32ClNO4S. The fourth-order valence-electron chi connectivity index (χ4n) is 4.40. The molecule has 2 aromatic carbocycles. The van der Waals surface area contributed by atoms with Gasteiger partial charge in [-0.05, 0) is 56.6 Å². The normalized spacial score (nSPS) is 24.3. The van der Waals surface area contributed by atoms with Gasteiger partial charge in [0.15, 0.2) is 9.84 Å². The van der Waals surface area contributed by atoms with Gasteiger partial charge in [0.05, 0.1) is 23.7 Å². The Bertz CT molecular complexity index is 920. The molecule has 1 aliphatic carbocycles. The Hall–Kier alpha value is -1.60. The first-order chi connectivity index (χ1) is 13.7. The van der Waals surface area contributed by atoms with Gasteiger partial charge in [0.2, 0.25) is 0 Å². The molecule has 1 fully saturated rings. The fraction of sp³-hybridized carbons (Fsp3) is 0.478. The smallest absolute Gasteiger partial charge is 0.157 e. The van der Waals surface area contributed by atoms with E-state index in [1.807, 2.05) is 73.6 Å². The molecule has 3 rings (SSSR count). The first-order valence-corrected chi connectivity index (χ1v) is 11.7. The molecule has 0 spiro atoms. The molecule has 0 amide bonds. The molecule has 0 heterocycles. The van der Waals surface area contributed by atoms with Gasteiger partial charge in [0, 0.05) is 12.5 Å². The number of aliphatic hydroxyl groups is 1. The second-order valence-electron chi connectivity index (χ2n) is 8.30. The SMILES string of the molecule is COc1cccc(C2(O)CCC(S(=O)(=O)Cc3ccccc3)CC2CN(C)C)c1.Cl. The van der Waals surface area contributed by atoms with Gasteiger partial charge in [-0.15, -0.1) is 12.4 Å². The van der Waals surface area contributed by atoms with Gasteiger partial charge in [0.25, 0.3) is 0 Å². The minimum Gasteiger partial charge on any atom is -0.497 e. The molecule has 0 radical (unpaired) electrons. The summed E-state index contributed by atoms with van der Waals surface area (Å²) in [5, 5.41) is 11.2. The van der Waals surface area contributed by atoms with E-state index < -0.39 is 20.7 Å². The molecule has 30 heavy (non-hydrogen) atoms. The topological polar surface area (TPSA) is 66.8 Å². The number of halogens is 1. The van der Waals surface area contributed by atoms with Gasteiger partial charge in [-0.25, -0.2) is 8.42 Å². The maximum absolute atomic E-state index is 13.1. The predicted octanol–water partition coefficient (Wildman–Crippen LogP) is 3.65. The zero-order valence-corrected chi connectivity index (χ0v) is 19.5. The van der Waals surface area contributed by atoms with Crippen molar-refractivity contribution in [2.75, 3.05) is 27.7 Å². The van der Waals surface area contributed by atoms with Crippen LogP contribution in [0.4, 0.5) is 0 Å². The van der Waals surface area contributed by atoms with Crippen LogP contribution in [0.25, 0.3) is 0 Å². The molecular weight excluding hydrogens is 422 g/mol. The fourth-order valence-corrected chi connectivity index (χ4v) is 6.30. The third kappa shape index (κ3) is 5.55. The summed E-state index contributed by atoms with van der Waals surface area (Å²) in [5.41, 5.74) is 0.533. The van der Waals surface area contributed by atoms with Gasteiger partial charge in [0.1, 0.15) is 5.75 Å². The van der Waals surface area contributed by atoms with E-state index in [0.717, 1.165) is 11.1 Å². The van der Waals surface area contributed by atoms with Crippen LogP contribution in [0.1, 0.15) is 30.4 Å². The molecule has 3 atom stereocenters. The summed E-state index contributed by atoms with van der Waals surface area (Å²) in [6.45, 7) is 0.616. The highest BCUT2D eigenvalue weighted by molar-refractivity contribution is 7.91. The Kier molecular flexibility index (Phi) is 8.34. The van der Waals surface area contributed by atoms with Crippen molar-refractivity contribution in [3.63, 3.8) is 0 Å². The number of hydrogen-bond acceptors (Lipinski definition) is 5. The zero-order valence-electron chi connectivity index (χ0n) is 17.8. The molecule has 7 heteroatoms. The van der Waals surface area contributed by atoms with Crippen molar-refractivity contribution >= 4 is 22.2 Å². The Balaban J connectivity index is 0.00000320. The molecule has 5 nitrogen and oxygen atoms in total. The number of benzene rings is 2. The lowest BCUT2D eigenvalue weighted by Gasteiger charge is -2.44. The summed E-state index contributed by atoms with van der Waals surface area (Å²) < 4.78 is 31.6. The van der Waals surface area contributed by atoms with E-state index in [0.29, 0.717) is 31.6 Å². The molecule has 1 N–H and O–H groups in total. The lowest BCUT2D eigenvalue weighted by atomic mass is 9.71. The lowest BCUT2D eigenvalue weighted by Crippen LogP contribution is -2.48. The minimum absolute atomic E-state index is 0. The summed E-state index contributed by atoms with van der Waals surface area (Å²) >= 11 is 0. The van der Waals surface area contributed by atoms with Crippen molar-refractivity contribution in [1.82, 2.24) is 4.90 Å². The van der Waals surface area contributed by atoms with E-state index in [4.69, 9.17) is 4.74 Å². The number of sulfone groups is 1. The van der Waals surface area contributed by atoms with E-state index in [9.17, 15) is 13.5 Å². The first kappa shape index (κ1) is 24.7. The van der Waals surface area contributed by atoms with Crippen LogP contribution in [0.2, 0.25) is 0 Å². The van der Waals surface area contributed by atoms with E-state index in [1.54, 1.807) is 7.11 Å². The van der Waals surface area contributed by atoms with Gasteiger partial charge in [-0.3, -0.25) is 0 Å². The van der Waals surface area contributed by atoms with Crippen molar-refractivity contribution in [2.24, 2.45) is 5.92 Å². The maximum Gasteiger partial charge on any atom is 0.157 e. The summed E-state index contributed by atoms with van der Waals surface area (Å²) in [6.07, 6.45) is 1.31. The second-order valence-corrected chi connectivity index (χ2v) is 10.6. The lowest BCUT2D eigenvalue weighted by molar-refractivity contribution is -0.0609. The molecule has 166 valence electrons. The molecule has 2 aromatic rings. The number of nitrogens with zero attached hydrogens (tertiary/aromatic N) is 1. The van der Waals surface area contributed by atoms with Crippen molar-refractivity contribution in [1.29, 1.82) is 0 Å². The standard InChI is InChI=1S/C23H31NO4S.ClH/c1-24(2)16-20-15-22(29(26,27)17-18-8-5-4-6-9-18)12-13-23(20,25)19-10-7-11-21(14-19)28-3;/h4-11,14,20,22,25H,12-13,15-17H2,1-3H3;1H. The van der Waals surface area contributed by atoms with Crippen LogP contribution in [0, 0.1) is 5.92 Å². The summed E-state index contributed by atoms with van der Waals surface area (Å²) in [7, 11) is 2.20. The van der Waals surface area contributed by atoms with Crippen LogP contribution < -0.4 is 4.74 Å². The Labute approximate surface area is 186 Å². The van der Waals surface area contributed by atoms with Gasteiger partial charge in [-0.1, -0.05) is 42.5 Å². The molecule has 1 saturated carbocycles. The number of methoxy groups -OCH3 is 1. The average Bonchev–Trinajstić information content (AvgIpc) is 2.69. The van der Waals surface area contributed by atoms with Crippen LogP contribution >= 0.6 is 12.4 Å². The van der Waals surface area contributed by atoms with Gasteiger partial charge >= 0.3 is 0 Å². The molecule has 0 aliphatic heterocycles. The second kappa shape index (κ2) is 10.1. The van der Waals surface area contributed by atoms with Gasteiger partial charge < -0.3 is 14.7 Å². The van der Waals surface area contributed by atoms with E-state index in [-0.39, 0.29) is 24.1 Å². The van der Waals surface area contributed by atoms with Crippen LogP contribution in [-0.2, 0) is 21.2 Å². The highest BCUT2D eigenvalue weighted by Crippen LogP contribution is 2.45. The molecule has 0 saturated heterocycles. The van der Waals surface area contributed by atoms with Crippen LogP contribution in [0.3, 0.4) is 0 Å². The predicted molar refractivity (Wildman–Crippen MR) is 123 cm³/mol. The third-order valence-electron chi connectivity index (χ3n) is 5.94. The largest absolute Gasteiger partial charge is 0.497 e. The maximum atomic E-state index is 13.1. The quantitative estimate of drug-likeness (QED) is 0.693. The molecule has 1 aliphatic rings. The Morgan fingerprint density at radius 2 is 1.83 bits per heavy atom. The third-order valence-corrected chi connectivity index (χ3v) is 8.12. The van der Waals surface area contributed by atoms with Gasteiger partial charge in [-0.2, -0.15) is 0 Å². The highest BCUT2D eigenvalue weighted by Gasteiger charge is 2.46. The highest BCUT2D eigenvalue weighted by atomic mass is 35.5.